The highest BCUT2D eigenvalue weighted by Gasteiger charge is 2.29. The van der Waals surface area contributed by atoms with Gasteiger partial charge < -0.3 is 14.4 Å². The Balaban J connectivity index is 1.47. The maximum atomic E-state index is 5.79. The summed E-state index contributed by atoms with van der Waals surface area (Å²) in [7, 11) is 2.24. The molecule has 4 nitrogen and oxygen atoms in total. The minimum Gasteiger partial charge on any atom is -0.376 e. The van der Waals surface area contributed by atoms with Gasteiger partial charge in [0.2, 0.25) is 0 Å². The van der Waals surface area contributed by atoms with Gasteiger partial charge in [-0.2, -0.15) is 0 Å². The van der Waals surface area contributed by atoms with Crippen LogP contribution in [0.25, 0.3) is 0 Å². The third kappa shape index (κ3) is 4.77. The Bertz CT molecular complexity index is 462. The van der Waals surface area contributed by atoms with Crippen LogP contribution in [0.5, 0.6) is 0 Å². The van der Waals surface area contributed by atoms with Gasteiger partial charge in [0.1, 0.15) is 0 Å². The van der Waals surface area contributed by atoms with E-state index in [4.69, 9.17) is 9.47 Å². The quantitative estimate of drug-likeness (QED) is 0.832. The van der Waals surface area contributed by atoms with Crippen LogP contribution in [-0.4, -0.2) is 67.9 Å². The average Bonchev–Trinajstić information content (AvgIpc) is 2.58. The molecule has 0 N–H and O–H groups in total. The molecule has 3 rings (SSSR count). The molecule has 2 aliphatic rings. The van der Waals surface area contributed by atoms with Gasteiger partial charge in [0.25, 0.3) is 0 Å². The van der Waals surface area contributed by atoms with Crippen molar-refractivity contribution >= 4 is 0 Å². The van der Waals surface area contributed by atoms with Crippen molar-refractivity contribution in [3.05, 3.63) is 35.9 Å². The van der Waals surface area contributed by atoms with Crippen molar-refractivity contribution in [2.75, 3.05) is 40.0 Å². The molecule has 0 amide bonds. The Morgan fingerprint density at radius 3 is 2.74 bits per heavy atom. The summed E-state index contributed by atoms with van der Waals surface area (Å²) >= 11 is 0. The van der Waals surface area contributed by atoms with Gasteiger partial charge in [0.05, 0.1) is 25.9 Å². The number of ether oxygens (including phenoxy) is 2. The highest BCUT2D eigenvalue weighted by molar-refractivity contribution is 5.14. The molecule has 128 valence electrons. The molecule has 2 aliphatic heterocycles. The van der Waals surface area contributed by atoms with E-state index in [0.717, 1.165) is 32.9 Å². The van der Waals surface area contributed by atoms with Gasteiger partial charge in [0.15, 0.2) is 0 Å². The average molecular weight is 318 g/mol. The predicted octanol–water partition coefficient (Wildman–Crippen LogP) is 2.39. The van der Waals surface area contributed by atoms with Crippen molar-refractivity contribution in [1.82, 2.24) is 9.80 Å². The van der Waals surface area contributed by atoms with E-state index in [0.29, 0.717) is 12.1 Å². The number of likely N-dealkylation sites (tertiary alicyclic amines) is 1. The lowest BCUT2D eigenvalue weighted by Crippen LogP contribution is -2.50. The molecule has 23 heavy (non-hydrogen) atoms. The minimum absolute atomic E-state index is 0.242. The lowest BCUT2D eigenvalue weighted by molar-refractivity contribution is -0.100. The number of piperidine rings is 1. The van der Waals surface area contributed by atoms with E-state index in [2.05, 4.69) is 54.1 Å². The topological polar surface area (TPSA) is 24.9 Å². The minimum atomic E-state index is 0.242. The summed E-state index contributed by atoms with van der Waals surface area (Å²) in [5.74, 6) is 0. The molecule has 1 aromatic carbocycles. The van der Waals surface area contributed by atoms with E-state index in [1.807, 2.05) is 0 Å². The van der Waals surface area contributed by atoms with Crippen LogP contribution in [-0.2, 0) is 16.0 Å². The zero-order chi connectivity index (χ0) is 16.1. The summed E-state index contributed by atoms with van der Waals surface area (Å²) in [4.78, 5) is 5.09. The molecule has 0 bridgehead atoms. The van der Waals surface area contributed by atoms with E-state index in [-0.39, 0.29) is 6.10 Å². The molecular formula is C19H30N2O2. The first-order valence-electron chi connectivity index (χ1n) is 8.90. The van der Waals surface area contributed by atoms with Crippen LogP contribution in [0.1, 0.15) is 25.3 Å². The van der Waals surface area contributed by atoms with E-state index >= 15 is 0 Å². The molecule has 3 atom stereocenters. The summed E-state index contributed by atoms with van der Waals surface area (Å²) in [5.41, 5.74) is 1.42. The molecule has 2 saturated heterocycles. The fourth-order valence-electron chi connectivity index (χ4n) is 3.76. The standard InChI is InChI=1S/C19H30N2O2/c1-16-12-18(20(2)14-19-15-22-10-11-23-19)8-9-21(16)13-17-6-4-3-5-7-17/h3-7,16,18-19H,8-15H2,1-2H3. The molecule has 0 aliphatic carbocycles. The highest BCUT2D eigenvalue weighted by atomic mass is 16.6. The van der Waals surface area contributed by atoms with Gasteiger partial charge in [-0.1, -0.05) is 30.3 Å². The molecule has 1 aromatic rings. The molecule has 3 unspecified atom stereocenters. The van der Waals surface area contributed by atoms with Crippen molar-refractivity contribution in [3.8, 4) is 0 Å². The molecule has 0 saturated carbocycles. The van der Waals surface area contributed by atoms with Gasteiger partial charge in [-0.25, -0.2) is 0 Å². The Morgan fingerprint density at radius 2 is 2.04 bits per heavy atom. The first-order valence-corrected chi connectivity index (χ1v) is 8.90. The Labute approximate surface area is 140 Å². The molecule has 0 radical (unpaired) electrons. The lowest BCUT2D eigenvalue weighted by Gasteiger charge is -2.42. The van der Waals surface area contributed by atoms with Gasteiger partial charge in [-0.15, -0.1) is 0 Å². The number of rotatable bonds is 5. The SMILES string of the molecule is CC1CC(N(C)CC2COCCO2)CCN1Cc1ccccc1. The van der Waals surface area contributed by atoms with E-state index < -0.39 is 0 Å². The number of hydrogen-bond acceptors (Lipinski definition) is 4. The highest BCUT2D eigenvalue weighted by Crippen LogP contribution is 2.23. The van der Waals surface area contributed by atoms with Gasteiger partial charge in [-0.05, 0) is 32.4 Å². The Morgan fingerprint density at radius 1 is 1.22 bits per heavy atom. The van der Waals surface area contributed by atoms with Crippen molar-refractivity contribution in [1.29, 1.82) is 0 Å². The smallest absolute Gasteiger partial charge is 0.0936 e. The number of benzene rings is 1. The largest absolute Gasteiger partial charge is 0.376 e. The number of nitrogens with zero attached hydrogens (tertiary/aromatic N) is 2. The first kappa shape index (κ1) is 16.9. The van der Waals surface area contributed by atoms with Crippen LogP contribution in [0.4, 0.5) is 0 Å². The van der Waals surface area contributed by atoms with Crippen LogP contribution in [0, 0.1) is 0 Å². The van der Waals surface area contributed by atoms with Crippen molar-refractivity contribution in [2.24, 2.45) is 0 Å². The zero-order valence-electron chi connectivity index (χ0n) is 14.5. The Kier molecular flexibility index (Phi) is 6.06. The third-order valence-corrected chi connectivity index (χ3v) is 5.21. The van der Waals surface area contributed by atoms with Crippen LogP contribution >= 0.6 is 0 Å². The second-order valence-electron chi connectivity index (χ2n) is 6.99. The maximum Gasteiger partial charge on any atom is 0.0936 e. The van der Waals surface area contributed by atoms with Crippen LogP contribution in [0.3, 0.4) is 0 Å². The predicted molar refractivity (Wildman–Crippen MR) is 92.5 cm³/mol. The maximum absolute atomic E-state index is 5.79. The second-order valence-corrected chi connectivity index (χ2v) is 6.99. The molecule has 0 aromatic heterocycles. The normalized spacial score (nSPS) is 29.8. The molecule has 0 spiro atoms. The summed E-state index contributed by atoms with van der Waals surface area (Å²) < 4.78 is 11.3. The van der Waals surface area contributed by atoms with Crippen LogP contribution < -0.4 is 0 Å². The van der Waals surface area contributed by atoms with Crippen LogP contribution in [0.15, 0.2) is 30.3 Å². The monoisotopic (exact) mass is 318 g/mol. The molecular weight excluding hydrogens is 288 g/mol. The summed E-state index contributed by atoms with van der Waals surface area (Å²) in [6.07, 6.45) is 2.71. The van der Waals surface area contributed by atoms with Crippen LogP contribution in [0.2, 0.25) is 0 Å². The van der Waals surface area contributed by atoms with Crippen molar-refractivity contribution < 1.29 is 9.47 Å². The van der Waals surface area contributed by atoms with E-state index in [9.17, 15) is 0 Å². The van der Waals surface area contributed by atoms with Gasteiger partial charge in [0, 0.05) is 31.7 Å². The van der Waals surface area contributed by atoms with E-state index in [1.165, 1.54) is 24.9 Å². The summed E-state index contributed by atoms with van der Waals surface area (Å²) in [5, 5.41) is 0. The van der Waals surface area contributed by atoms with Crippen molar-refractivity contribution in [3.63, 3.8) is 0 Å². The zero-order valence-corrected chi connectivity index (χ0v) is 14.5. The van der Waals surface area contributed by atoms with Gasteiger partial charge >= 0.3 is 0 Å². The second kappa shape index (κ2) is 8.25. The van der Waals surface area contributed by atoms with Crippen molar-refractivity contribution in [2.45, 2.75) is 44.5 Å². The Hall–Kier alpha value is -0.940. The first-order chi connectivity index (χ1) is 11.2. The molecule has 2 heterocycles. The van der Waals surface area contributed by atoms with E-state index in [1.54, 1.807) is 0 Å². The number of hydrogen-bond donors (Lipinski definition) is 0. The molecule has 4 heteroatoms. The molecule has 2 fully saturated rings. The van der Waals surface area contributed by atoms with Gasteiger partial charge in [-0.3, -0.25) is 4.90 Å². The number of likely N-dealkylation sites (N-methyl/N-ethyl adjacent to an activating group) is 1. The summed E-state index contributed by atoms with van der Waals surface area (Å²) in [6, 6.07) is 12.1. The lowest BCUT2D eigenvalue weighted by atomic mass is 9.96. The summed E-state index contributed by atoms with van der Waals surface area (Å²) in [6.45, 7) is 7.82. The fraction of sp³-hybridized carbons (Fsp3) is 0.684. The fourth-order valence-corrected chi connectivity index (χ4v) is 3.76. The third-order valence-electron chi connectivity index (χ3n) is 5.21.